The second kappa shape index (κ2) is 9.68. The number of nitrogens with one attached hydrogen (secondary N) is 1. The Balaban J connectivity index is 1.39. The molecule has 2 aromatic carbocycles. The first-order valence-corrected chi connectivity index (χ1v) is 13.5. The van der Waals surface area contributed by atoms with Gasteiger partial charge < -0.3 is 24.3 Å². The number of hydrogen-bond donors (Lipinski definition) is 1. The zero-order chi connectivity index (χ0) is 24.7. The molecule has 2 fully saturated rings. The van der Waals surface area contributed by atoms with Gasteiger partial charge in [0.2, 0.25) is 0 Å². The molecule has 0 aliphatic carbocycles. The second-order valence-electron chi connectivity index (χ2n) is 8.09. The van der Waals surface area contributed by atoms with Crippen LogP contribution in [-0.4, -0.2) is 69.4 Å². The molecule has 2 unspecified atom stereocenters. The van der Waals surface area contributed by atoms with Gasteiger partial charge in [0.05, 0.1) is 37.1 Å². The van der Waals surface area contributed by atoms with E-state index in [2.05, 4.69) is 31.2 Å². The van der Waals surface area contributed by atoms with Crippen molar-refractivity contribution in [3.05, 3.63) is 46.2 Å². The van der Waals surface area contributed by atoms with Gasteiger partial charge in [0.15, 0.2) is 17.6 Å². The summed E-state index contributed by atoms with van der Waals surface area (Å²) in [7, 11) is -2.10. The van der Waals surface area contributed by atoms with Gasteiger partial charge in [-0.1, -0.05) is 11.6 Å². The summed E-state index contributed by atoms with van der Waals surface area (Å²) in [6.45, 7) is 0.306. The van der Waals surface area contributed by atoms with Gasteiger partial charge in [-0.3, -0.25) is 4.18 Å². The van der Waals surface area contributed by atoms with Crippen molar-refractivity contribution >= 4 is 60.1 Å². The van der Waals surface area contributed by atoms with E-state index < -0.39 is 34.5 Å². The number of nitrogens with zero attached hydrogens (tertiary/aromatic N) is 2. The van der Waals surface area contributed by atoms with Gasteiger partial charge in [-0.2, -0.15) is 8.42 Å². The van der Waals surface area contributed by atoms with Crippen molar-refractivity contribution in [2.24, 2.45) is 0 Å². The van der Waals surface area contributed by atoms with Crippen molar-refractivity contribution in [3.8, 4) is 11.5 Å². The van der Waals surface area contributed by atoms with Crippen LogP contribution in [0.2, 0.25) is 5.02 Å². The molecule has 1 aromatic heterocycles. The number of aromatic nitrogens is 2. The van der Waals surface area contributed by atoms with Gasteiger partial charge in [0, 0.05) is 21.6 Å². The summed E-state index contributed by atoms with van der Waals surface area (Å²) < 4.78 is 52.2. The summed E-state index contributed by atoms with van der Waals surface area (Å²) in [5.74, 6) is 1.48. The average molecular weight is 587 g/mol. The van der Waals surface area contributed by atoms with E-state index in [0.29, 0.717) is 27.9 Å². The minimum Gasteiger partial charge on any atom is -0.493 e. The fourth-order valence-electron chi connectivity index (χ4n) is 4.13. The minimum absolute atomic E-state index is 0.0967. The third-order valence-electron chi connectivity index (χ3n) is 5.64. The molecule has 2 saturated heterocycles. The van der Waals surface area contributed by atoms with E-state index in [1.807, 2.05) is 12.1 Å². The van der Waals surface area contributed by atoms with Crippen LogP contribution in [-0.2, 0) is 23.8 Å². The van der Waals surface area contributed by atoms with Gasteiger partial charge >= 0.3 is 0 Å². The molecule has 186 valence electrons. The van der Waals surface area contributed by atoms with E-state index in [4.69, 9.17) is 34.7 Å². The molecule has 2 aliphatic rings. The first-order valence-electron chi connectivity index (χ1n) is 10.5. The van der Waals surface area contributed by atoms with Crippen molar-refractivity contribution in [1.29, 1.82) is 0 Å². The predicted molar refractivity (Wildman–Crippen MR) is 132 cm³/mol. The molecule has 35 heavy (non-hydrogen) atoms. The number of ether oxygens (including phenoxy) is 4. The van der Waals surface area contributed by atoms with Crippen LogP contribution in [0.15, 0.2) is 41.1 Å². The van der Waals surface area contributed by atoms with Gasteiger partial charge in [-0.05, 0) is 40.2 Å². The van der Waals surface area contributed by atoms with Crippen molar-refractivity contribution in [2.75, 3.05) is 31.9 Å². The van der Waals surface area contributed by atoms with Crippen LogP contribution in [0.25, 0.3) is 10.9 Å². The number of halogens is 2. The maximum Gasteiger partial charge on any atom is 0.264 e. The third-order valence-corrected chi connectivity index (χ3v) is 7.47. The lowest BCUT2D eigenvalue weighted by Crippen LogP contribution is -2.36. The van der Waals surface area contributed by atoms with Gasteiger partial charge in [-0.15, -0.1) is 0 Å². The highest BCUT2D eigenvalue weighted by molar-refractivity contribution is 9.10. The van der Waals surface area contributed by atoms with Crippen LogP contribution in [0.4, 0.5) is 11.5 Å². The maximum absolute atomic E-state index is 11.5. The van der Waals surface area contributed by atoms with Gasteiger partial charge in [-0.25, -0.2) is 9.97 Å². The summed E-state index contributed by atoms with van der Waals surface area (Å²) in [5.41, 5.74) is 1.39. The lowest BCUT2D eigenvalue weighted by atomic mass is 10.1. The number of anilines is 2. The summed E-state index contributed by atoms with van der Waals surface area (Å²) in [4.78, 5) is 8.74. The summed E-state index contributed by atoms with van der Waals surface area (Å²) in [5, 5.41) is 4.54. The smallest absolute Gasteiger partial charge is 0.264 e. The van der Waals surface area contributed by atoms with Crippen molar-refractivity contribution in [1.82, 2.24) is 9.97 Å². The number of rotatable bonds is 7. The summed E-state index contributed by atoms with van der Waals surface area (Å²) >= 11 is 9.60. The maximum atomic E-state index is 11.5. The predicted octanol–water partition coefficient (Wildman–Crippen LogP) is 3.69. The van der Waals surface area contributed by atoms with Gasteiger partial charge in [0.1, 0.15) is 30.5 Å². The van der Waals surface area contributed by atoms with Crippen LogP contribution in [0.5, 0.6) is 11.5 Å². The Morgan fingerprint density at radius 1 is 1.09 bits per heavy atom. The third kappa shape index (κ3) is 5.18. The zero-order valence-electron chi connectivity index (χ0n) is 18.6. The van der Waals surface area contributed by atoms with E-state index in [1.165, 1.54) is 13.4 Å². The van der Waals surface area contributed by atoms with Crippen LogP contribution in [0, 0.1) is 0 Å². The summed E-state index contributed by atoms with van der Waals surface area (Å²) in [6, 6.07) is 9.03. The molecule has 2 aliphatic heterocycles. The Kier molecular flexibility index (Phi) is 6.77. The Morgan fingerprint density at radius 2 is 1.83 bits per heavy atom. The highest BCUT2D eigenvalue weighted by Crippen LogP contribution is 2.38. The monoisotopic (exact) mass is 585 g/mol. The van der Waals surface area contributed by atoms with Crippen molar-refractivity contribution in [2.45, 2.75) is 24.4 Å². The Labute approximate surface area is 215 Å². The fourth-order valence-corrected chi connectivity index (χ4v) is 5.17. The van der Waals surface area contributed by atoms with Crippen LogP contribution in [0.1, 0.15) is 0 Å². The molecule has 3 heterocycles. The lowest BCUT2D eigenvalue weighted by Gasteiger charge is -2.20. The largest absolute Gasteiger partial charge is 0.493 e. The van der Waals surface area contributed by atoms with E-state index in [1.54, 1.807) is 18.2 Å². The lowest BCUT2D eigenvalue weighted by molar-refractivity contribution is 0.0194. The Bertz CT molecular complexity index is 1380. The minimum atomic E-state index is -3.64. The summed E-state index contributed by atoms with van der Waals surface area (Å²) in [6.07, 6.45) is 0.228. The molecule has 0 spiro atoms. The number of benzene rings is 2. The molecule has 0 amide bonds. The molecule has 10 nitrogen and oxygen atoms in total. The van der Waals surface area contributed by atoms with E-state index in [-0.39, 0.29) is 13.2 Å². The molecule has 0 radical (unpaired) electrons. The van der Waals surface area contributed by atoms with E-state index >= 15 is 0 Å². The molecule has 5 rings (SSSR count). The molecule has 4 atom stereocenters. The molecular weight excluding hydrogens is 566 g/mol. The topological polar surface area (TPSA) is 118 Å². The average Bonchev–Trinajstić information content (AvgIpc) is 3.38. The highest BCUT2D eigenvalue weighted by Gasteiger charge is 2.50. The molecule has 3 aromatic rings. The zero-order valence-corrected chi connectivity index (χ0v) is 21.8. The first kappa shape index (κ1) is 24.5. The Hall–Kier alpha value is -2.22. The van der Waals surface area contributed by atoms with Crippen molar-refractivity contribution in [3.63, 3.8) is 0 Å². The first-order chi connectivity index (χ1) is 16.7. The Morgan fingerprint density at radius 3 is 2.54 bits per heavy atom. The molecule has 13 heteroatoms. The normalized spacial score (nSPS) is 23.9. The highest BCUT2D eigenvalue weighted by atomic mass is 79.9. The van der Waals surface area contributed by atoms with Crippen LogP contribution >= 0.6 is 27.5 Å². The van der Waals surface area contributed by atoms with E-state index in [0.717, 1.165) is 21.8 Å². The second-order valence-corrected chi connectivity index (χ2v) is 10.9. The van der Waals surface area contributed by atoms with Crippen LogP contribution < -0.4 is 14.8 Å². The van der Waals surface area contributed by atoms with Crippen LogP contribution in [0.3, 0.4) is 0 Å². The molecule has 0 bridgehead atoms. The number of hydrogen-bond acceptors (Lipinski definition) is 10. The van der Waals surface area contributed by atoms with E-state index in [9.17, 15) is 8.42 Å². The van der Waals surface area contributed by atoms with Crippen molar-refractivity contribution < 1.29 is 31.5 Å². The molecule has 1 N–H and O–H groups in total. The van der Waals surface area contributed by atoms with Gasteiger partial charge in [0.25, 0.3) is 10.1 Å². The fraction of sp³-hybridized carbons (Fsp3) is 0.364. The standard InChI is InChI=1S/C22H21BrClN3O7S/c1-30-16-6-12-15(25-10-26-22(12)27-11-3-4-13(23)14(24)5-11)7-17(16)33-18-8-31-21-19(9-32-20(18)21)34-35(2,28)29/h3-7,10,18-21H,8-9H2,1-2H3,(H,25,26,27)/t18-,19+,20?,21?/m1/s1. The molecular formula is C22H21BrClN3O7S. The SMILES string of the molecule is COc1cc2c(Nc3ccc(Br)c(Cl)c3)ncnc2cc1O[C@@H]1COC2C1OC[C@@H]2OS(C)(=O)=O. The number of methoxy groups -OCH3 is 1. The quantitative estimate of drug-likeness (QED) is 0.411. The molecule has 0 saturated carbocycles. The number of fused-ring (bicyclic) bond motifs is 2.